The molecule has 156 valence electrons. The third kappa shape index (κ3) is 5.79. The van der Waals surface area contributed by atoms with Gasteiger partial charge in [-0.1, -0.05) is 24.3 Å². The van der Waals surface area contributed by atoms with Crippen LogP contribution in [0.1, 0.15) is 47.6 Å². The Morgan fingerprint density at radius 2 is 2.07 bits per heavy atom. The third-order valence-corrected chi connectivity index (χ3v) is 5.22. The van der Waals surface area contributed by atoms with Gasteiger partial charge in [0.05, 0.1) is 18.6 Å². The van der Waals surface area contributed by atoms with E-state index in [-0.39, 0.29) is 11.8 Å². The first-order valence-electron chi connectivity index (χ1n) is 9.74. The number of alkyl halides is 3. The fourth-order valence-corrected chi connectivity index (χ4v) is 3.67. The summed E-state index contributed by atoms with van der Waals surface area (Å²) in [5.74, 6) is 0.274. The maximum absolute atomic E-state index is 12.9. The molecule has 1 atom stereocenters. The number of nitrogens with zero attached hydrogens (tertiary/aromatic N) is 2. The van der Waals surface area contributed by atoms with Crippen molar-refractivity contribution in [2.75, 3.05) is 26.8 Å². The first-order valence-corrected chi connectivity index (χ1v) is 9.74. The molecule has 1 aromatic carbocycles. The van der Waals surface area contributed by atoms with Gasteiger partial charge in [0.15, 0.2) is 0 Å². The van der Waals surface area contributed by atoms with Gasteiger partial charge in [0.25, 0.3) is 0 Å². The summed E-state index contributed by atoms with van der Waals surface area (Å²) in [6.07, 6.45) is 0.0497. The van der Waals surface area contributed by atoms with E-state index in [2.05, 4.69) is 4.98 Å². The number of pyridine rings is 1. The Hall–Kier alpha value is -2.41. The van der Waals surface area contributed by atoms with Crippen molar-refractivity contribution in [2.45, 2.75) is 37.8 Å². The zero-order valence-corrected chi connectivity index (χ0v) is 16.4. The smallest absolute Gasteiger partial charge is 0.384 e. The van der Waals surface area contributed by atoms with Crippen molar-refractivity contribution in [3.63, 3.8) is 0 Å². The number of carbonyl (C=O) groups excluding carboxylic acids is 1. The molecule has 0 N–H and O–H groups in total. The SMILES string of the molecule is COCCC(=O)N1CCC[C@H](c2ccc(Cc3cccc(C(F)(F)F)c3)cn2)C1. The number of piperidine rings is 1. The average molecular weight is 406 g/mol. The Balaban J connectivity index is 1.63. The minimum absolute atomic E-state index is 0.0951. The number of carbonyl (C=O) groups is 1. The average Bonchev–Trinajstić information content (AvgIpc) is 2.72. The summed E-state index contributed by atoms with van der Waals surface area (Å²) in [5, 5.41) is 0. The molecule has 0 saturated carbocycles. The lowest BCUT2D eigenvalue weighted by molar-refractivity contribution is -0.137. The first kappa shape index (κ1) is 21.3. The zero-order chi connectivity index (χ0) is 20.9. The number of amides is 1. The molecule has 0 spiro atoms. The van der Waals surface area contributed by atoms with Crippen LogP contribution in [0, 0.1) is 0 Å². The topological polar surface area (TPSA) is 42.4 Å². The predicted octanol–water partition coefficient (Wildman–Crippen LogP) is 4.43. The van der Waals surface area contributed by atoms with Crippen LogP contribution in [0.3, 0.4) is 0 Å². The van der Waals surface area contributed by atoms with Gasteiger partial charge >= 0.3 is 6.18 Å². The molecule has 1 fully saturated rings. The van der Waals surface area contributed by atoms with E-state index in [0.29, 0.717) is 31.6 Å². The Labute approximate surface area is 168 Å². The molecule has 1 aromatic heterocycles. The van der Waals surface area contributed by atoms with Crippen LogP contribution < -0.4 is 0 Å². The summed E-state index contributed by atoms with van der Waals surface area (Å²) in [4.78, 5) is 18.6. The standard InChI is InChI=1S/C22H25F3N2O2/c1-29-11-9-21(28)27-10-3-5-18(15-27)20-8-7-17(14-26-20)12-16-4-2-6-19(13-16)22(23,24)25/h2,4,6-8,13-14,18H,3,5,9-12,15H2,1H3/t18-/m0/s1. The van der Waals surface area contributed by atoms with Gasteiger partial charge in [-0.25, -0.2) is 0 Å². The molecular weight excluding hydrogens is 381 g/mol. The van der Waals surface area contributed by atoms with Crippen LogP contribution in [-0.2, 0) is 22.1 Å². The second-order valence-corrected chi connectivity index (χ2v) is 7.39. The fourth-order valence-electron chi connectivity index (χ4n) is 3.67. The van der Waals surface area contributed by atoms with E-state index in [0.717, 1.165) is 36.7 Å². The van der Waals surface area contributed by atoms with E-state index < -0.39 is 11.7 Å². The highest BCUT2D eigenvalue weighted by atomic mass is 19.4. The highest BCUT2D eigenvalue weighted by Crippen LogP contribution is 2.30. The molecule has 0 unspecified atom stereocenters. The van der Waals surface area contributed by atoms with Crippen molar-refractivity contribution >= 4 is 5.91 Å². The number of halogens is 3. The highest BCUT2D eigenvalue weighted by Gasteiger charge is 2.30. The van der Waals surface area contributed by atoms with Crippen molar-refractivity contribution in [1.29, 1.82) is 0 Å². The van der Waals surface area contributed by atoms with Crippen LogP contribution in [0.2, 0.25) is 0 Å². The predicted molar refractivity (Wildman–Crippen MR) is 104 cm³/mol. The van der Waals surface area contributed by atoms with Crippen LogP contribution in [0.15, 0.2) is 42.6 Å². The van der Waals surface area contributed by atoms with Gasteiger partial charge < -0.3 is 9.64 Å². The second kappa shape index (κ2) is 9.39. The second-order valence-electron chi connectivity index (χ2n) is 7.39. The van der Waals surface area contributed by atoms with Gasteiger partial charge in [-0.3, -0.25) is 9.78 Å². The molecule has 0 aliphatic carbocycles. The number of benzene rings is 1. The molecule has 0 bridgehead atoms. The number of methoxy groups -OCH3 is 1. The number of aromatic nitrogens is 1. The molecule has 4 nitrogen and oxygen atoms in total. The maximum atomic E-state index is 12.9. The molecule has 1 aliphatic rings. The third-order valence-electron chi connectivity index (χ3n) is 5.22. The van der Waals surface area contributed by atoms with Crippen LogP contribution >= 0.6 is 0 Å². The molecular formula is C22H25F3N2O2. The fraction of sp³-hybridized carbons (Fsp3) is 0.455. The summed E-state index contributed by atoms with van der Waals surface area (Å²) in [7, 11) is 1.58. The van der Waals surface area contributed by atoms with Gasteiger partial charge in [-0.15, -0.1) is 0 Å². The molecule has 1 amide bonds. The van der Waals surface area contributed by atoms with E-state index in [9.17, 15) is 18.0 Å². The number of ether oxygens (including phenoxy) is 1. The minimum atomic E-state index is -4.34. The number of rotatable bonds is 6. The lowest BCUT2D eigenvalue weighted by Crippen LogP contribution is -2.39. The Morgan fingerprint density at radius 3 is 2.76 bits per heavy atom. The van der Waals surface area contributed by atoms with Gasteiger partial charge in [0.1, 0.15) is 0 Å². The summed E-state index contributed by atoms with van der Waals surface area (Å²) in [5.41, 5.74) is 1.74. The lowest BCUT2D eigenvalue weighted by atomic mass is 9.93. The van der Waals surface area contributed by atoms with E-state index >= 15 is 0 Å². The Kier molecular flexibility index (Phi) is 6.90. The summed E-state index contributed by atoms with van der Waals surface area (Å²) < 4.78 is 43.6. The minimum Gasteiger partial charge on any atom is -0.384 e. The van der Waals surface area contributed by atoms with Crippen LogP contribution in [-0.4, -0.2) is 42.6 Å². The van der Waals surface area contributed by atoms with Crippen LogP contribution in [0.25, 0.3) is 0 Å². The molecule has 0 radical (unpaired) electrons. The lowest BCUT2D eigenvalue weighted by Gasteiger charge is -2.32. The number of likely N-dealkylation sites (tertiary alicyclic amines) is 1. The Morgan fingerprint density at radius 1 is 1.24 bits per heavy atom. The van der Waals surface area contributed by atoms with Crippen molar-refractivity contribution in [3.05, 3.63) is 65.0 Å². The van der Waals surface area contributed by atoms with Crippen molar-refractivity contribution in [3.8, 4) is 0 Å². The number of hydrogen-bond acceptors (Lipinski definition) is 3. The molecule has 29 heavy (non-hydrogen) atoms. The largest absolute Gasteiger partial charge is 0.416 e. The highest BCUT2D eigenvalue weighted by molar-refractivity contribution is 5.76. The van der Waals surface area contributed by atoms with E-state index in [1.807, 2.05) is 17.0 Å². The van der Waals surface area contributed by atoms with Gasteiger partial charge in [-0.2, -0.15) is 13.2 Å². The van der Waals surface area contributed by atoms with Gasteiger partial charge in [0, 0.05) is 38.0 Å². The Bertz CT molecular complexity index is 822. The molecule has 3 rings (SSSR count). The zero-order valence-electron chi connectivity index (χ0n) is 16.4. The van der Waals surface area contributed by atoms with Gasteiger partial charge in [-0.05, 0) is 42.5 Å². The van der Waals surface area contributed by atoms with E-state index in [4.69, 9.17) is 4.74 Å². The van der Waals surface area contributed by atoms with E-state index in [1.165, 1.54) is 12.1 Å². The van der Waals surface area contributed by atoms with E-state index in [1.54, 1.807) is 19.4 Å². The molecule has 1 aliphatic heterocycles. The quantitative estimate of drug-likeness (QED) is 0.713. The monoisotopic (exact) mass is 406 g/mol. The van der Waals surface area contributed by atoms with Crippen molar-refractivity contribution < 1.29 is 22.7 Å². The molecule has 2 aromatic rings. The normalized spacial score (nSPS) is 17.4. The van der Waals surface area contributed by atoms with Gasteiger partial charge in [0.2, 0.25) is 5.91 Å². The number of hydrogen-bond donors (Lipinski definition) is 0. The summed E-state index contributed by atoms with van der Waals surface area (Å²) in [6, 6.07) is 9.21. The maximum Gasteiger partial charge on any atom is 0.416 e. The molecule has 1 saturated heterocycles. The van der Waals surface area contributed by atoms with Crippen molar-refractivity contribution in [2.24, 2.45) is 0 Å². The van der Waals surface area contributed by atoms with Crippen molar-refractivity contribution in [1.82, 2.24) is 9.88 Å². The molecule has 2 heterocycles. The summed E-state index contributed by atoms with van der Waals surface area (Å²) in [6.45, 7) is 1.82. The van der Waals surface area contributed by atoms with Crippen LogP contribution in [0.4, 0.5) is 13.2 Å². The molecule has 7 heteroatoms. The van der Waals surface area contributed by atoms with Crippen LogP contribution in [0.5, 0.6) is 0 Å². The first-order chi connectivity index (χ1) is 13.9. The summed E-state index contributed by atoms with van der Waals surface area (Å²) >= 11 is 0.